The first-order chi connectivity index (χ1) is 17.2. The van der Waals surface area contributed by atoms with Crippen molar-refractivity contribution in [1.29, 1.82) is 0 Å². The minimum Gasteiger partial charge on any atom is -0.392 e. The smallest absolute Gasteiger partial charge is 0.255 e. The lowest BCUT2D eigenvalue weighted by molar-refractivity contribution is 0.0378. The van der Waals surface area contributed by atoms with E-state index in [1.165, 1.54) is 29.0 Å². The predicted molar refractivity (Wildman–Crippen MR) is 138 cm³/mol. The van der Waals surface area contributed by atoms with Gasteiger partial charge < -0.3 is 15.1 Å². The molecule has 1 saturated heterocycles. The van der Waals surface area contributed by atoms with Crippen LogP contribution in [0, 0.1) is 11.6 Å². The highest BCUT2D eigenvalue weighted by Crippen LogP contribution is 2.30. The SMILES string of the molecule is CN(C)Cc1cc(Cl)c(-n2cc(C(=NOC3CCNCC3)c3ccc(F)cc3F)ccc2=O)c(Cl)c1. The van der Waals surface area contributed by atoms with Gasteiger partial charge in [0.05, 0.1) is 15.7 Å². The summed E-state index contributed by atoms with van der Waals surface area (Å²) in [5.74, 6) is -1.51. The molecule has 0 amide bonds. The molecule has 190 valence electrons. The molecule has 6 nitrogen and oxygen atoms in total. The van der Waals surface area contributed by atoms with Crippen LogP contribution in [0.4, 0.5) is 8.78 Å². The Labute approximate surface area is 218 Å². The third kappa shape index (κ3) is 6.13. The van der Waals surface area contributed by atoms with Gasteiger partial charge in [-0.2, -0.15) is 0 Å². The molecule has 2 heterocycles. The van der Waals surface area contributed by atoms with Gasteiger partial charge in [-0.1, -0.05) is 28.4 Å². The molecule has 36 heavy (non-hydrogen) atoms. The van der Waals surface area contributed by atoms with Crippen LogP contribution in [-0.2, 0) is 11.4 Å². The Balaban J connectivity index is 1.80. The molecule has 0 radical (unpaired) electrons. The summed E-state index contributed by atoms with van der Waals surface area (Å²) >= 11 is 13.1. The Morgan fingerprint density at radius 1 is 1.11 bits per heavy atom. The number of hydrogen-bond donors (Lipinski definition) is 1. The lowest BCUT2D eigenvalue weighted by Crippen LogP contribution is -2.31. The van der Waals surface area contributed by atoms with E-state index in [2.05, 4.69) is 10.5 Å². The topological polar surface area (TPSA) is 58.9 Å². The molecule has 1 fully saturated rings. The number of oxime groups is 1. The molecule has 0 bridgehead atoms. The van der Waals surface area contributed by atoms with Gasteiger partial charge in [0.25, 0.3) is 5.56 Å². The van der Waals surface area contributed by atoms with Gasteiger partial charge in [-0.05, 0) is 75.9 Å². The van der Waals surface area contributed by atoms with Gasteiger partial charge in [-0.25, -0.2) is 8.78 Å². The third-order valence-corrected chi connectivity index (χ3v) is 6.34. The van der Waals surface area contributed by atoms with Crippen molar-refractivity contribution < 1.29 is 13.6 Å². The fourth-order valence-electron chi connectivity index (χ4n) is 4.07. The Bertz CT molecular complexity index is 1310. The van der Waals surface area contributed by atoms with Crippen molar-refractivity contribution in [3.8, 4) is 5.69 Å². The highest BCUT2D eigenvalue weighted by Gasteiger charge is 2.20. The molecule has 0 unspecified atom stereocenters. The summed E-state index contributed by atoms with van der Waals surface area (Å²) in [4.78, 5) is 20.6. The van der Waals surface area contributed by atoms with Crippen molar-refractivity contribution in [3.63, 3.8) is 0 Å². The van der Waals surface area contributed by atoms with Crippen LogP contribution in [0.15, 0.2) is 58.6 Å². The van der Waals surface area contributed by atoms with Crippen LogP contribution < -0.4 is 10.9 Å². The van der Waals surface area contributed by atoms with E-state index in [9.17, 15) is 13.6 Å². The predicted octanol–water partition coefficient (Wildman–Crippen LogP) is 5.01. The van der Waals surface area contributed by atoms with Crippen molar-refractivity contribution in [2.24, 2.45) is 5.16 Å². The van der Waals surface area contributed by atoms with Crippen LogP contribution in [0.5, 0.6) is 0 Å². The van der Waals surface area contributed by atoms with Crippen LogP contribution in [0.2, 0.25) is 10.0 Å². The summed E-state index contributed by atoms with van der Waals surface area (Å²) in [5.41, 5.74) is 1.32. The van der Waals surface area contributed by atoms with Crippen molar-refractivity contribution >= 4 is 28.9 Å². The summed E-state index contributed by atoms with van der Waals surface area (Å²) in [6.07, 6.45) is 2.82. The number of aromatic nitrogens is 1. The molecule has 1 aromatic heterocycles. The summed E-state index contributed by atoms with van der Waals surface area (Å²) in [6.45, 7) is 2.18. The number of hydrogen-bond acceptors (Lipinski definition) is 5. The van der Waals surface area contributed by atoms with E-state index in [0.717, 1.165) is 43.6 Å². The zero-order chi connectivity index (χ0) is 25.8. The van der Waals surface area contributed by atoms with Gasteiger partial charge in [0.1, 0.15) is 23.5 Å². The molecule has 0 saturated carbocycles. The first-order valence-corrected chi connectivity index (χ1v) is 12.2. The molecular weight excluding hydrogens is 509 g/mol. The number of nitrogens with zero attached hydrogens (tertiary/aromatic N) is 3. The minimum atomic E-state index is -0.801. The maximum atomic E-state index is 14.8. The number of rotatable bonds is 7. The van der Waals surface area contributed by atoms with E-state index in [0.29, 0.717) is 17.8 Å². The van der Waals surface area contributed by atoms with Gasteiger partial charge in [0, 0.05) is 36.0 Å². The molecule has 2 aromatic carbocycles. The number of benzene rings is 2. The average Bonchev–Trinajstić information content (AvgIpc) is 2.81. The van der Waals surface area contributed by atoms with Crippen molar-refractivity contribution in [3.05, 3.63) is 97.4 Å². The second-order valence-corrected chi connectivity index (χ2v) is 9.71. The summed E-state index contributed by atoms with van der Waals surface area (Å²) in [7, 11) is 3.84. The molecule has 10 heteroatoms. The van der Waals surface area contributed by atoms with E-state index in [1.807, 2.05) is 19.0 Å². The number of halogens is 4. The van der Waals surface area contributed by atoms with Gasteiger partial charge >= 0.3 is 0 Å². The monoisotopic (exact) mass is 534 g/mol. The fourth-order valence-corrected chi connectivity index (χ4v) is 4.79. The maximum Gasteiger partial charge on any atom is 0.255 e. The molecule has 3 aromatic rings. The molecule has 4 rings (SSSR count). The van der Waals surface area contributed by atoms with E-state index in [-0.39, 0.29) is 33.0 Å². The molecule has 1 N–H and O–H groups in total. The van der Waals surface area contributed by atoms with E-state index in [1.54, 1.807) is 12.1 Å². The lowest BCUT2D eigenvalue weighted by Gasteiger charge is -2.21. The van der Waals surface area contributed by atoms with Crippen molar-refractivity contribution in [2.75, 3.05) is 27.2 Å². The molecule has 1 aliphatic heterocycles. The molecule has 0 spiro atoms. The van der Waals surface area contributed by atoms with Gasteiger partial charge in [-0.15, -0.1) is 0 Å². The van der Waals surface area contributed by atoms with Gasteiger partial charge in [0.2, 0.25) is 0 Å². The van der Waals surface area contributed by atoms with E-state index < -0.39 is 11.6 Å². The average molecular weight is 535 g/mol. The Morgan fingerprint density at radius 3 is 2.44 bits per heavy atom. The molecule has 1 aliphatic rings. The number of piperidine rings is 1. The van der Waals surface area contributed by atoms with E-state index in [4.69, 9.17) is 28.0 Å². The third-order valence-electron chi connectivity index (χ3n) is 5.77. The van der Waals surface area contributed by atoms with E-state index >= 15 is 0 Å². The highest BCUT2D eigenvalue weighted by atomic mass is 35.5. The fraction of sp³-hybridized carbons (Fsp3) is 0.308. The Hall–Kier alpha value is -2.78. The zero-order valence-corrected chi connectivity index (χ0v) is 21.4. The number of pyridine rings is 1. The molecule has 0 aliphatic carbocycles. The van der Waals surface area contributed by atoms with Gasteiger partial charge in [0.15, 0.2) is 0 Å². The number of nitrogens with one attached hydrogen (secondary N) is 1. The largest absolute Gasteiger partial charge is 0.392 e. The highest BCUT2D eigenvalue weighted by molar-refractivity contribution is 6.37. The first-order valence-electron chi connectivity index (χ1n) is 11.5. The maximum absolute atomic E-state index is 14.8. The summed E-state index contributed by atoms with van der Waals surface area (Å²) in [6, 6.07) is 9.54. The summed E-state index contributed by atoms with van der Waals surface area (Å²) < 4.78 is 29.8. The van der Waals surface area contributed by atoms with Crippen LogP contribution in [0.3, 0.4) is 0 Å². The van der Waals surface area contributed by atoms with Crippen LogP contribution in [0.1, 0.15) is 29.5 Å². The zero-order valence-electron chi connectivity index (χ0n) is 19.9. The second kappa shape index (κ2) is 11.5. The van der Waals surface area contributed by atoms with Crippen LogP contribution in [0.25, 0.3) is 5.69 Å². The quantitative estimate of drug-likeness (QED) is 0.342. The Morgan fingerprint density at radius 2 is 1.81 bits per heavy atom. The molecular formula is C26H26Cl2F2N4O2. The normalized spacial score (nSPS) is 14.9. The van der Waals surface area contributed by atoms with Crippen LogP contribution >= 0.6 is 23.2 Å². The lowest BCUT2D eigenvalue weighted by atomic mass is 10.0. The standard InChI is InChI=1S/C26H26Cl2F2N4O2/c1-33(2)14-16-11-21(27)26(22(28)12-16)34-15-17(3-6-24(34)35)25(20-5-4-18(29)13-23(20)30)32-36-19-7-9-31-10-8-19/h3-6,11-13,15,19,31H,7-10,14H2,1-2H3. The summed E-state index contributed by atoms with van der Waals surface area (Å²) in [5, 5.41) is 8.09. The van der Waals surface area contributed by atoms with Gasteiger partial charge in [-0.3, -0.25) is 9.36 Å². The second-order valence-electron chi connectivity index (χ2n) is 8.89. The first kappa shape index (κ1) is 26.3. The Kier molecular flexibility index (Phi) is 8.41. The van der Waals surface area contributed by atoms with Crippen molar-refractivity contribution in [2.45, 2.75) is 25.5 Å². The minimum absolute atomic E-state index is 0.0362. The van der Waals surface area contributed by atoms with Crippen molar-refractivity contribution in [1.82, 2.24) is 14.8 Å². The molecule has 0 atom stereocenters. The van der Waals surface area contributed by atoms with Crippen LogP contribution in [-0.4, -0.2) is 48.5 Å².